The van der Waals surface area contributed by atoms with E-state index in [9.17, 15) is 13.6 Å². The van der Waals surface area contributed by atoms with Gasteiger partial charge in [0.15, 0.2) is 0 Å². The Morgan fingerprint density at radius 1 is 1.10 bits per heavy atom. The van der Waals surface area contributed by atoms with Crippen molar-refractivity contribution in [1.29, 1.82) is 0 Å². The first kappa shape index (κ1) is 16.5. The van der Waals surface area contributed by atoms with E-state index in [0.717, 1.165) is 11.6 Å². The Morgan fingerprint density at radius 2 is 1.80 bits per heavy atom. The fourth-order valence-electron chi connectivity index (χ4n) is 1.66. The van der Waals surface area contributed by atoms with Crippen molar-refractivity contribution in [2.75, 3.05) is 5.32 Å². The van der Waals surface area contributed by atoms with Crippen LogP contribution in [0.25, 0.3) is 0 Å². The summed E-state index contributed by atoms with van der Waals surface area (Å²) in [6.07, 6.45) is 0.806. The van der Waals surface area contributed by atoms with E-state index in [4.69, 9.17) is 0 Å². The fraction of sp³-hybridized carbons (Fsp3) is 0.133. The maximum Gasteiger partial charge on any atom is 0.213 e. The Balaban J connectivity index is 0.00000200. The Bertz CT molecular complexity index is 575. The number of halogens is 2. The molecule has 2 nitrogen and oxygen atoms in total. The normalized spacial score (nSPS) is 9.70. The van der Waals surface area contributed by atoms with Gasteiger partial charge in [-0.1, -0.05) is 30.3 Å². The molecule has 0 aliphatic rings. The van der Waals surface area contributed by atoms with Crippen molar-refractivity contribution in [3.63, 3.8) is 0 Å². The largest absolute Gasteiger partial charge is 0.377 e. The zero-order valence-corrected chi connectivity index (χ0v) is 12.2. The molecule has 1 amide bonds. The second-order valence-corrected chi connectivity index (χ2v) is 4.07. The first-order valence-electron chi connectivity index (χ1n) is 5.86. The summed E-state index contributed by atoms with van der Waals surface area (Å²) in [4.78, 5) is 11.6. The van der Waals surface area contributed by atoms with Gasteiger partial charge in [0.1, 0.15) is 0 Å². The zero-order valence-electron chi connectivity index (χ0n) is 10.6. The van der Waals surface area contributed by atoms with Crippen LogP contribution in [0.1, 0.15) is 12.0 Å². The molecule has 0 bridgehead atoms. The van der Waals surface area contributed by atoms with Crippen molar-refractivity contribution in [3.8, 4) is 0 Å². The second-order valence-electron chi connectivity index (χ2n) is 4.07. The quantitative estimate of drug-likeness (QED) is 0.681. The second kappa shape index (κ2) is 7.93. The summed E-state index contributed by atoms with van der Waals surface area (Å²) in [6, 6.07) is 13.6. The molecular weight excluding hydrogens is 296 g/mol. The van der Waals surface area contributed by atoms with Crippen molar-refractivity contribution in [2.45, 2.75) is 12.8 Å². The first-order valence-corrected chi connectivity index (χ1v) is 5.86. The van der Waals surface area contributed by atoms with Crippen LogP contribution in [0.3, 0.4) is 0 Å². The van der Waals surface area contributed by atoms with E-state index in [0.29, 0.717) is 6.42 Å². The van der Waals surface area contributed by atoms with E-state index < -0.39 is 11.6 Å². The van der Waals surface area contributed by atoms with Gasteiger partial charge in [-0.25, -0.2) is 8.78 Å². The van der Waals surface area contributed by atoms with Gasteiger partial charge < -0.3 is 5.32 Å². The number of rotatable bonds is 4. The van der Waals surface area contributed by atoms with E-state index in [1.54, 1.807) is 0 Å². The van der Waals surface area contributed by atoms with Crippen molar-refractivity contribution in [1.82, 2.24) is 0 Å². The average Bonchev–Trinajstić information content (AvgIpc) is 2.41. The van der Waals surface area contributed by atoms with Gasteiger partial charge in [-0.2, -0.15) is 0 Å². The number of hydrogen-bond donors (Lipinski definition) is 1. The van der Waals surface area contributed by atoms with Crippen LogP contribution in [0.15, 0.2) is 42.5 Å². The fourth-order valence-corrected chi connectivity index (χ4v) is 1.66. The van der Waals surface area contributed by atoms with Crippen LogP contribution in [0.5, 0.6) is 0 Å². The van der Waals surface area contributed by atoms with Crippen molar-refractivity contribution >= 4 is 11.6 Å². The average molecular weight is 308 g/mol. The Kier molecular flexibility index (Phi) is 6.55. The summed E-state index contributed by atoms with van der Waals surface area (Å²) in [5, 5.41) is 2.40. The van der Waals surface area contributed by atoms with E-state index in [1.807, 2.05) is 36.4 Å². The molecule has 2 rings (SSSR count). The molecule has 20 heavy (non-hydrogen) atoms. The van der Waals surface area contributed by atoms with Crippen LogP contribution in [-0.2, 0) is 32.9 Å². The van der Waals surface area contributed by atoms with Crippen LogP contribution in [-0.4, -0.2) is 5.91 Å². The molecule has 0 atom stereocenters. The molecule has 0 aliphatic heterocycles. The maximum atomic E-state index is 13.3. The topological polar surface area (TPSA) is 29.1 Å². The first-order chi connectivity index (χ1) is 9.15. The molecule has 1 N–H and O–H groups in total. The third-order valence-electron chi connectivity index (χ3n) is 2.62. The molecule has 0 aliphatic carbocycles. The van der Waals surface area contributed by atoms with Gasteiger partial charge >= 0.3 is 0 Å². The van der Waals surface area contributed by atoms with Gasteiger partial charge in [-0.15, -0.1) is 18.2 Å². The number of carbonyl (C=O) groups is 1. The van der Waals surface area contributed by atoms with E-state index >= 15 is 0 Å². The monoisotopic (exact) mass is 308 g/mol. The van der Waals surface area contributed by atoms with Crippen LogP contribution in [0.4, 0.5) is 14.5 Å². The predicted octanol–water partition coefficient (Wildman–Crippen LogP) is 3.33. The predicted molar refractivity (Wildman–Crippen MR) is 68.6 cm³/mol. The Hall–Kier alpha value is -1.52. The standard InChI is InChI=1S/C15H12F2NO.Ti/c16-12-7-8-14(13(17)10-12)18-15(19)9-6-11-4-2-1-3-5-11;/h1-5,7-8H,6,9H2,(H,18,19);/q-1;. The summed E-state index contributed by atoms with van der Waals surface area (Å²) < 4.78 is 25.9. The number of hydrogen-bond acceptors (Lipinski definition) is 1. The molecule has 0 fully saturated rings. The van der Waals surface area contributed by atoms with Crippen LogP contribution in [0.2, 0.25) is 0 Å². The molecule has 0 unspecified atom stereocenters. The minimum Gasteiger partial charge on any atom is -0.377 e. The van der Waals surface area contributed by atoms with E-state index in [2.05, 4.69) is 5.32 Å². The Morgan fingerprint density at radius 3 is 2.45 bits per heavy atom. The van der Waals surface area contributed by atoms with Gasteiger partial charge in [0.2, 0.25) is 5.91 Å². The number of carbonyl (C=O) groups excluding carboxylic acids is 1. The van der Waals surface area contributed by atoms with Crippen molar-refractivity contribution < 1.29 is 35.3 Å². The maximum absolute atomic E-state index is 13.3. The minimum absolute atomic E-state index is 0. The molecule has 0 spiro atoms. The third kappa shape index (κ3) is 4.87. The van der Waals surface area contributed by atoms with Crippen LogP contribution in [0, 0.1) is 17.7 Å². The van der Waals surface area contributed by atoms with Gasteiger partial charge in [-0.05, 0) is 17.7 Å². The molecular formula is C15H12F2NOTi-. The molecule has 2 aromatic rings. The molecule has 0 radical (unpaired) electrons. The molecule has 102 valence electrons. The van der Waals surface area contributed by atoms with Crippen molar-refractivity contribution in [3.05, 3.63) is 65.7 Å². The molecule has 0 saturated carbocycles. The Labute approximate surface area is 131 Å². The van der Waals surface area contributed by atoms with E-state index in [-0.39, 0.29) is 39.7 Å². The minimum atomic E-state index is -0.895. The molecule has 0 heterocycles. The molecule has 0 aromatic heterocycles. The number of aryl methyl sites for hydroxylation is 1. The number of nitrogens with one attached hydrogen (secondary N) is 1. The number of amides is 1. The van der Waals surface area contributed by atoms with Gasteiger partial charge in [-0.3, -0.25) is 4.79 Å². The number of benzene rings is 2. The van der Waals surface area contributed by atoms with Gasteiger partial charge in [0.05, 0.1) is 0 Å². The smallest absolute Gasteiger partial charge is 0.213 e. The molecule has 0 saturated heterocycles. The zero-order chi connectivity index (χ0) is 13.7. The van der Waals surface area contributed by atoms with Crippen LogP contribution >= 0.6 is 0 Å². The summed E-state index contributed by atoms with van der Waals surface area (Å²) >= 11 is 0. The SMILES string of the molecule is O=C(CCc1ccccc1)Nc1ccc(F)[c-]c1F.[Ti]. The summed E-state index contributed by atoms with van der Waals surface area (Å²) in [6.45, 7) is 0. The van der Waals surface area contributed by atoms with Gasteiger partial charge in [0.25, 0.3) is 0 Å². The van der Waals surface area contributed by atoms with Crippen LogP contribution < -0.4 is 5.32 Å². The molecule has 5 heteroatoms. The van der Waals surface area contributed by atoms with Gasteiger partial charge in [0, 0.05) is 39.8 Å². The summed E-state index contributed by atoms with van der Waals surface area (Å²) in [5.74, 6) is -2.00. The third-order valence-corrected chi connectivity index (χ3v) is 2.62. The van der Waals surface area contributed by atoms with Crippen molar-refractivity contribution in [2.24, 2.45) is 0 Å². The summed E-state index contributed by atoms with van der Waals surface area (Å²) in [7, 11) is 0. The number of anilines is 1. The summed E-state index contributed by atoms with van der Waals surface area (Å²) in [5.41, 5.74) is 0.975. The molecule has 2 aromatic carbocycles. The van der Waals surface area contributed by atoms with E-state index in [1.165, 1.54) is 6.07 Å².